The third-order valence-electron chi connectivity index (χ3n) is 6.98. The van der Waals surface area contributed by atoms with Crippen LogP contribution in [0, 0.1) is 0 Å². The van der Waals surface area contributed by atoms with Gasteiger partial charge in [-0.15, -0.1) is 22.7 Å². The van der Waals surface area contributed by atoms with E-state index >= 15 is 0 Å². The Morgan fingerprint density at radius 3 is 1.20 bits per heavy atom. The highest BCUT2D eigenvalue weighted by Gasteiger charge is 2.25. The third-order valence-corrected chi connectivity index (χ3v) is 8.76. The van der Waals surface area contributed by atoms with E-state index in [1.807, 2.05) is 47.2 Å². The van der Waals surface area contributed by atoms with Gasteiger partial charge in [-0.25, -0.2) is 19.1 Å². The van der Waals surface area contributed by atoms with Crippen molar-refractivity contribution in [1.82, 2.24) is 19.1 Å². The second-order valence-corrected chi connectivity index (χ2v) is 12.9. The standard InChI is InChI=1S/C30H36N6O2S2/c1-17(2)33(18(3)4)29-31-23-13-15-39-25(23)27(37)35(29)21-9-11-22(12-10-21)36-28(38)26-24(14-16-40-26)32-30(36)34(19(5)6)20(7)8/h9-20H,1-8H3. The molecule has 40 heavy (non-hydrogen) atoms. The maximum Gasteiger partial charge on any atom is 0.277 e. The fraction of sp³-hybridized carbons (Fsp3) is 0.400. The smallest absolute Gasteiger partial charge is 0.277 e. The van der Waals surface area contributed by atoms with Gasteiger partial charge >= 0.3 is 0 Å². The minimum absolute atomic E-state index is 0.0978. The van der Waals surface area contributed by atoms with E-state index in [1.54, 1.807) is 9.13 Å². The van der Waals surface area contributed by atoms with Crippen LogP contribution in [-0.4, -0.2) is 43.3 Å². The molecule has 0 amide bonds. The Hall–Kier alpha value is -3.50. The van der Waals surface area contributed by atoms with E-state index in [1.165, 1.54) is 22.7 Å². The number of aromatic nitrogens is 4. The molecule has 5 rings (SSSR count). The Bertz CT molecular complexity index is 1630. The van der Waals surface area contributed by atoms with Gasteiger partial charge in [0.1, 0.15) is 9.40 Å². The van der Waals surface area contributed by atoms with Gasteiger partial charge in [0.15, 0.2) is 0 Å². The van der Waals surface area contributed by atoms with E-state index in [2.05, 4.69) is 65.2 Å². The van der Waals surface area contributed by atoms with Crippen molar-refractivity contribution >= 4 is 55.0 Å². The summed E-state index contributed by atoms with van der Waals surface area (Å²) in [6.07, 6.45) is 0. The number of benzene rings is 1. The quantitative estimate of drug-likeness (QED) is 0.211. The van der Waals surface area contributed by atoms with Crippen LogP contribution in [0.15, 0.2) is 56.7 Å². The molecular formula is C30H36N6O2S2. The van der Waals surface area contributed by atoms with E-state index < -0.39 is 0 Å². The van der Waals surface area contributed by atoms with Gasteiger partial charge in [0.2, 0.25) is 11.9 Å². The van der Waals surface area contributed by atoms with Crippen LogP contribution in [0.2, 0.25) is 0 Å². The fourth-order valence-electron chi connectivity index (χ4n) is 5.48. The number of rotatable bonds is 8. The van der Waals surface area contributed by atoms with Crippen LogP contribution in [0.4, 0.5) is 11.9 Å². The molecule has 0 aliphatic rings. The normalized spacial score (nSPS) is 12.1. The van der Waals surface area contributed by atoms with Gasteiger partial charge in [-0.05, 0) is 103 Å². The maximum atomic E-state index is 13.8. The molecule has 0 unspecified atom stereocenters. The lowest BCUT2D eigenvalue weighted by atomic mass is 10.2. The first-order valence-corrected chi connectivity index (χ1v) is 15.4. The largest absolute Gasteiger partial charge is 0.337 e. The van der Waals surface area contributed by atoms with E-state index in [-0.39, 0.29) is 35.3 Å². The van der Waals surface area contributed by atoms with Gasteiger partial charge in [-0.1, -0.05) is 0 Å². The summed E-state index contributed by atoms with van der Waals surface area (Å²) >= 11 is 2.80. The lowest BCUT2D eigenvalue weighted by Gasteiger charge is -2.34. The van der Waals surface area contributed by atoms with Crippen LogP contribution in [-0.2, 0) is 0 Å². The molecule has 0 aliphatic carbocycles. The third kappa shape index (κ3) is 4.73. The van der Waals surface area contributed by atoms with Gasteiger partial charge in [0, 0.05) is 24.2 Å². The zero-order valence-corrected chi connectivity index (χ0v) is 25.9. The lowest BCUT2D eigenvalue weighted by molar-refractivity contribution is 0.582. The highest BCUT2D eigenvalue weighted by molar-refractivity contribution is 7.17. The van der Waals surface area contributed by atoms with Crippen LogP contribution in [0.3, 0.4) is 0 Å². The summed E-state index contributed by atoms with van der Waals surface area (Å²) < 4.78 is 4.63. The number of hydrogen-bond acceptors (Lipinski definition) is 8. The molecule has 210 valence electrons. The minimum atomic E-state index is -0.0978. The molecule has 0 saturated carbocycles. The van der Waals surface area contributed by atoms with E-state index in [0.717, 1.165) is 0 Å². The Balaban J connectivity index is 1.73. The van der Waals surface area contributed by atoms with Crippen molar-refractivity contribution in [2.45, 2.75) is 79.6 Å². The van der Waals surface area contributed by atoms with Gasteiger partial charge in [-0.3, -0.25) is 9.59 Å². The number of hydrogen-bond donors (Lipinski definition) is 0. The van der Waals surface area contributed by atoms with Crippen LogP contribution in [0.5, 0.6) is 0 Å². The molecular weight excluding hydrogens is 541 g/mol. The average molecular weight is 577 g/mol. The van der Waals surface area contributed by atoms with E-state index in [9.17, 15) is 9.59 Å². The number of anilines is 2. The predicted octanol–water partition coefficient (Wildman–Crippen LogP) is 6.45. The van der Waals surface area contributed by atoms with Gasteiger partial charge in [0.25, 0.3) is 11.1 Å². The molecule has 4 heterocycles. The Morgan fingerprint density at radius 2 is 0.900 bits per heavy atom. The lowest BCUT2D eigenvalue weighted by Crippen LogP contribution is -2.41. The van der Waals surface area contributed by atoms with Crippen molar-refractivity contribution in [2.24, 2.45) is 0 Å². The first-order valence-electron chi connectivity index (χ1n) is 13.7. The van der Waals surface area contributed by atoms with Crippen molar-refractivity contribution in [3.8, 4) is 11.4 Å². The topological polar surface area (TPSA) is 76.3 Å². The molecule has 0 spiro atoms. The summed E-state index contributed by atoms with van der Waals surface area (Å²) in [7, 11) is 0. The molecule has 5 aromatic rings. The Labute approximate surface area is 242 Å². The van der Waals surface area contributed by atoms with Crippen molar-refractivity contribution in [1.29, 1.82) is 0 Å². The molecule has 0 saturated heterocycles. The molecule has 0 N–H and O–H groups in total. The summed E-state index contributed by atoms with van der Waals surface area (Å²) in [5.74, 6) is 1.22. The van der Waals surface area contributed by atoms with Crippen molar-refractivity contribution in [3.05, 3.63) is 67.9 Å². The molecule has 0 fully saturated rings. The number of thiophene rings is 2. The summed E-state index contributed by atoms with van der Waals surface area (Å²) in [4.78, 5) is 41.8. The molecule has 1 aromatic carbocycles. The molecule has 8 nitrogen and oxygen atoms in total. The number of fused-ring (bicyclic) bond motifs is 2. The monoisotopic (exact) mass is 576 g/mol. The second-order valence-electron chi connectivity index (χ2n) is 11.1. The Kier molecular flexibility index (Phi) is 7.58. The molecule has 0 bridgehead atoms. The predicted molar refractivity (Wildman–Crippen MR) is 169 cm³/mol. The zero-order valence-electron chi connectivity index (χ0n) is 24.2. The van der Waals surface area contributed by atoms with Crippen LogP contribution >= 0.6 is 22.7 Å². The molecule has 10 heteroatoms. The zero-order chi connectivity index (χ0) is 28.9. The highest BCUT2D eigenvalue weighted by Crippen LogP contribution is 2.28. The molecule has 0 atom stereocenters. The van der Waals surface area contributed by atoms with Crippen LogP contribution in [0.1, 0.15) is 55.4 Å². The Morgan fingerprint density at radius 1 is 0.575 bits per heavy atom. The minimum Gasteiger partial charge on any atom is -0.337 e. The molecule has 0 aliphatic heterocycles. The fourth-order valence-corrected chi connectivity index (χ4v) is 7.00. The van der Waals surface area contributed by atoms with Gasteiger partial charge in [0.05, 0.1) is 22.4 Å². The van der Waals surface area contributed by atoms with Crippen molar-refractivity contribution < 1.29 is 0 Å². The van der Waals surface area contributed by atoms with Gasteiger partial charge in [-0.2, -0.15) is 0 Å². The molecule has 0 radical (unpaired) electrons. The SMILES string of the molecule is CC(C)N(c1nc2ccsc2c(=O)n1-c1ccc(-n2c(N(C(C)C)C(C)C)nc3ccsc3c2=O)cc1)C(C)C. The first-order chi connectivity index (χ1) is 19.0. The summed E-state index contributed by atoms with van der Waals surface area (Å²) in [6, 6.07) is 11.9. The second kappa shape index (κ2) is 10.8. The van der Waals surface area contributed by atoms with Crippen molar-refractivity contribution in [2.75, 3.05) is 9.80 Å². The molecule has 4 aromatic heterocycles. The van der Waals surface area contributed by atoms with Gasteiger partial charge < -0.3 is 9.80 Å². The van der Waals surface area contributed by atoms with E-state index in [0.29, 0.717) is 43.7 Å². The maximum absolute atomic E-state index is 13.8. The van der Waals surface area contributed by atoms with Crippen molar-refractivity contribution in [3.63, 3.8) is 0 Å². The summed E-state index contributed by atoms with van der Waals surface area (Å²) in [6.45, 7) is 16.8. The highest BCUT2D eigenvalue weighted by atomic mass is 32.1. The summed E-state index contributed by atoms with van der Waals surface area (Å²) in [5.41, 5.74) is 2.61. The van der Waals surface area contributed by atoms with E-state index in [4.69, 9.17) is 9.97 Å². The average Bonchev–Trinajstić information content (AvgIpc) is 3.54. The number of nitrogens with zero attached hydrogens (tertiary/aromatic N) is 6. The van der Waals surface area contributed by atoms with Crippen LogP contribution < -0.4 is 20.9 Å². The first kappa shape index (κ1) is 28.0. The van der Waals surface area contributed by atoms with Crippen LogP contribution in [0.25, 0.3) is 31.8 Å². The summed E-state index contributed by atoms with van der Waals surface area (Å²) in [5, 5.41) is 3.81.